The van der Waals surface area contributed by atoms with Crippen LogP contribution in [0.25, 0.3) is 0 Å². The van der Waals surface area contributed by atoms with Gasteiger partial charge < -0.3 is 20.1 Å². The van der Waals surface area contributed by atoms with Crippen molar-refractivity contribution in [2.75, 3.05) is 0 Å². The molecular weight excluding hydrogens is 444 g/mol. The van der Waals surface area contributed by atoms with Crippen LogP contribution in [0.15, 0.2) is 42.5 Å². The molecule has 35 heavy (non-hydrogen) atoms. The summed E-state index contributed by atoms with van der Waals surface area (Å²) in [6.07, 6.45) is 2.78. The van der Waals surface area contributed by atoms with E-state index < -0.39 is 17.5 Å². The van der Waals surface area contributed by atoms with E-state index in [0.717, 1.165) is 22.3 Å². The van der Waals surface area contributed by atoms with Crippen LogP contribution in [0, 0.1) is 0 Å². The predicted molar refractivity (Wildman–Crippen MR) is 132 cm³/mol. The van der Waals surface area contributed by atoms with Crippen LogP contribution < -0.4 is 0 Å². The molecule has 3 aromatic rings. The third-order valence-electron chi connectivity index (χ3n) is 7.03. The molecule has 1 heterocycles. The van der Waals surface area contributed by atoms with Crippen molar-refractivity contribution in [1.82, 2.24) is 0 Å². The Labute approximate surface area is 204 Å². The lowest BCUT2D eigenvalue weighted by molar-refractivity contribution is 0.0239. The van der Waals surface area contributed by atoms with Gasteiger partial charge in [-0.15, -0.1) is 0 Å². The summed E-state index contributed by atoms with van der Waals surface area (Å²) in [5, 5.41) is 32.2. The maximum Gasteiger partial charge on any atom is 0.340 e. The third-order valence-corrected chi connectivity index (χ3v) is 7.03. The molecule has 0 unspecified atom stereocenters. The molecule has 0 aliphatic carbocycles. The van der Waals surface area contributed by atoms with E-state index in [1.54, 1.807) is 12.1 Å². The van der Waals surface area contributed by atoms with Crippen molar-refractivity contribution in [1.29, 1.82) is 0 Å². The molecule has 6 nitrogen and oxygen atoms in total. The number of aryl methyl sites for hydroxylation is 4. The number of fused-ring (bicyclic) bond motifs is 1. The number of ether oxygens (including phenoxy) is 1. The van der Waals surface area contributed by atoms with E-state index in [1.165, 1.54) is 18.2 Å². The van der Waals surface area contributed by atoms with Gasteiger partial charge in [-0.1, -0.05) is 27.7 Å². The van der Waals surface area contributed by atoms with E-state index in [0.29, 0.717) is 36.8 Å². The highest BCUT2D eigenvalue weighted by atomic mass is 16.6. The molecule has 0 radical (unpaired) electrons. The SMILES string of the molecule is CCc1cc(O)c(C2(c3cc(CC)c(CC)cc3O)OC(=O)c3ccc(C(=O)O)cc32)cc1CC. The summed E-state index contributed by atoms with van der Waals surface area (Å²) in [4.78, 5) is 25.0. The average molecular weight is 475 g/mol. The second-order valence-electron chi connectivity index (χ2n) is 8.83. The first kappa shape index (κ1) is 24.3. The van der Waals surface area contributed by atoms with Crippen LogP contribution in [0.3, 0.4) is 0 Å². The summed E-state index contributed by atoms with van der Waals surface area (Å²) in [7, 11) is 0. The zero-order chi connectivity index (χ0) is 25.5. The number of hydrogen-bond donors (Lipinski definition) is 3. The molecular formula is C29H30O6. The van der Waals surface area contributed by atoms with Crippen molar-refractivity contribution in [2.45, 2.75) is 59.0 Å². The first-order valence-corrected chi connectivity index (χ1v) is 12.0. The third kappa shape index (κ3) is 3.73. The molecule has 0 amide bonds. The summed E-state index contributed by atoms with van der Waals surface area (Å²) in [6, 6.07) is 11.1. The monoisotopic (exact) mass is 474 g/mol. The summed E-state index contributed by atoms with van der Waals surface area (Å²) < 4.78 is 6.08. The summed E-state index contributed by atoms with van der Waals surface area (Å²) in [5.41, 5.74) is 3.21. The number of rotatable bonds is 7. The van der Waals surface area contributed by atoms with E-state index in [2.05, 4.69) is 0 Å². The minimum atomic E-state index is -1.71. The quantitative estimate of drug-likeness (QED) is 0.390. The topological polar surface area (TPSA) is 104 Å². The van der Waals surface area contributed by atoms with Gasteiger partial charge in [-0.2, -0.15) is 0 Å². The van der Waals surface area contributed by atoms with Gasteiger partial charge in [-0.3, -0.25) is 0 Å². The Morgan fingerprint density at radius 2 is 1.20 bits per heavy atom. The molecule has 0 bridgehead atoms. The number of aromatic hydroxyl groups is 2. The number of carbonyl (C=O) groups is 2. The van der Waals surface area contributed by atoms with Crippen LogP contribution >= 0.6 is 0 Å². The van der Waals surface area contributed by atoms with Crippen molar-refractivity contribution < 1.29 is 29.6 Å². The lowest BCUT2D eigenvalue weighted by Crippen LogP contribution is -2.30. The van der Waals surface area contributed by atoms with Gasteiger partial charge in [-0.25, -0.2) is 9.59 Å². The highest BCUT2D eigenvalue weighted by Crippen LogP contribution is 2.53. The molecule has 3 N–H and O–H groups in total. The second kappa shape index (κ2) is 9.10. The summed E-state index contributed by atoms with van der Waals surface area (Å²) in [5.74, 6) is -1.97. The second-order valence-corrected chi connectivity index (χ2v) is 8.83. The van der Waals surface area contributed by atoms with Gasteiger partial charge in [-0.05, 0) is 90.4 Å². The Morgan fingerprint density at radius 3 is 1.63 bits per heavy atom. The van der Waals surface area contributed by atoms with Crippen LogP contribution in [-0.4, -0.2) is 27.3 Å². The predicted octanol–water partition coefficient (Wildman–Crippen LogP) is 5.51. The van der Waals surface area contributed by atoms with E-state index in [1.807, 2.05) is 39.8 Å². The van der Waals surface area contributed by atoms with Crippen LogP contribution in [0.2, 0.25) is 0 Å². The number of hydrogen-bond acceptors (Lipinski definition) is 5. The van der Waals surface area contributed by atoms with Crippen molar-refractivity contribution in [2.24, 2.45) is 0 Å². The van der Waals surface area contributed by atoms with E-state index in [4.69, 9.17) is 4.74 Å². The largest absolute Gasteiger partial charge is 0.507 e. The Balaban J connectivity index is 2.17. The number of carboxylic acid groups (broad SMARTS) is 1. The molecule has 1 aliphatic heterocycles. The normalized spacial score (nSPS) is 14.0. The minimum absolute atomic E-state index is 0.0211. The zero-order valence-corrected chi connectivity index (χ0v) is 20.4. The van der Waals surface area contributed by atoms with Crippen LogP contribution in [0.4, 0.5) is 0 Å². The number of phenolic OH excluding ortho intramolecular Hbond substituents is 2. The number of carboxylic acids is 1. The van der Waals surface area contributed by atoms with Crippen LogP contribution in [-0.2, 0) is 36.0 Å². The smallest absolute Gasteiger partial charge is 0.340 e. The summed E-state index contributed by atoms with van der Waals surface area (Å²) in [6.45, 7) is 8.00. The fourth-order valence-electron chi connectivity index (χ4n) is 5.17. The highest BCUT2D eigenvalue weighted by Gasteiger charge is 2.52. The maximum absolute atomic E-state index is 13.2. The highest BCUT2D eigenvalue weighted by molar-refractivity contribution is 5.99. The molecule has 3 aromatic carbocycles. The molecule has 0 spiro atoms. The van der Waals surface area contributed by atoms with Gasteiger partial charge in [0.25, 0.3) is 0 Å². The van der Waals surface area contributed by atoms with E-state index in [-0.39, 0.29) is 28.2 Å². The molecule has 4 rings (SSSR count). The van der Waals surface area contributed by atoms with Gasteiger partial charge in [0.05, 0.1) is 11.1 Å². The fourth-order valence-corrected chi connectivity index (χ4v) is 5.17. The number of carbonyl (C=O) groups excluding carboxylic acids is 1. The Bertz CT molecular complexity index is 1280. The van der Waals surface area contributed by atoms with Crippen LogP contribution in [0.1, 0.15) is 87.4 Å². The van der Waals surface area contributed by atoms with Crippen molar-refractivity contribution >= 4 is 11.9 Å². The zero-order valence-electron chi connectivity index (χ0n) is 20.4. The van der Waals surface area contributed by atoms with Gasteiger partial charge >= 0.3 is 11.9 Å². The Kier molecular flexibility index (Phi) is 6.32. The number of benzene rings is 3. The van der Waals surface area contributed by atoms with E-state index in [9.17, 15) is 24.9 Å². The first-order chi connectivity index (χ1) is 16.7. The standard InChI is InChI=1S/C29H30O6/c1-5-16-11-23(25(30)14-18(16)7-3)29(24-12-17(6-2)19(8-4)15-26(24)31)22-13-20(27(32)33)9-10-21(22)28(34)35-29/h9-15,30-31H,5-8H2,1-4H3,(H,32,33). The van der Waals surface area contributed by atoms with Gasteiger partial charge in [0.1, 0.15) is 11.5 Å². The first-order valence-electron chi connectivity index (χ1n) is 12.0. The van der Waals surface area contributed by atoms with Gasteiger partial charge in [0, 0.05) is 16.7 Å². The number of cyclic esters (lactones) is 1. The van der Waals surface area contributed by atoms with Crippen LogP contribution in [0.5, 0.6) is 11.5 Å². The van der Waals surface area contributed by atoms with Gasteiger partial charge in [0.15, 0.2) is 5.60 Å². The Morgan fingerprint density at radius 1 is 0.743 bits per heavy atom. The number of phenols is 2. The lowest BCUT2D eigenvalue weighted by Gasteiger charge is -2.33. The molecule has 1 aliphatic rings. The van der Waals surface area contributed by atoms with Gasteiger partial charge in [0.2, 0.25) is 0 Å². The van der Waals surface area contributed by atoms with E-state index >= 15 is 0 Å². The molecule has 0 atom stereocenters. The van der Waals surface area contributed by atoms with Crippen molar-refractivity contribution in [3.05, 3.63) is 92.5 Å². The fraction of sp³-hybridized carbons (Fsp3) is 0.310. The maximum atomic E-state index is 13.2. The number of esters is 1. The summed E-state index contributed by atoms with van der Waals surface area (Å²) >= 11 is 0. The molecule has 0 fully saturated rings. The molecule has 0 saturated heterocycles. The number of aromatic carboxylic acids is 1. The average Bonchev–Trinajstić information content (AvgIpc) is 3.15. The molecule has 0 saturated carbocycles. The van der Waals surface area contributed by atoms with Crippen molar-refractivity contribution in [3.8, 4) is 11.5 Å². The molecule has 6 heteroatoms. The molecule has 0 aromatic heterocycles. The Hall–Kier alpha value is -3.80. The lowest BCUT2D eigenvalue weighted by atomic mass is 9.76. The minimum Gasteiger partial charge on any atom is -0.507 e. The molecule has 182 valence electrons. The van der Waals surface area contributed by atoms with Crippen molar-refractivity contribution in [3.63, 3.8) is 0 Å².